The molecule has 5 heteroatoms. The SMILES string of the molecule is CC1C(N)CCC(C(=O)NC2CCCCNC2=O)C1(C)C. The molecule has 4 atom stereocenters. The molecule has 0 aromatic heterocycles. The normalized spacial score (nSPS) is 36.5. The summed E-state index contributed by atoms with van der Waals surface area (Å²) < 4.78 is 0. The second-order valence-electron chi connectivity index (χ2n) is 7.25. The van der Waals surface area contributed by atoms with Gasteiger partial charge in [-0.15, -0.1) is 0 Å². The molecule has 1 heterocycles. The molecule has 1 aliphatic carbocycles. The van der Waals surface area contributed by atoms with E-state index in [0.29, 0.717) is 12.5 Å². The van der Waals surface area contributed by atoms with Gasteiger partial charge in [0.05, 0.1) is 0 Å². The zero-order valence-electron chi connectivity index (χ0n) is 13.4. The van der Waals surface area contributed by atoms with Crippen LogP contribution in [0.3, 0.4) is 0 Å². The second-order valence-corrected chi connectivity index (χ2v) is 7.25. The first-order chi connectivity index (χ1) is 9.84. The third-order valence-electron chi connectivity index (χ3n) is 5.67. The van der Waals surface area contributed by atoms with Gasteiger partial charge in [-0.1, -0.05) is 20.8 Å². The van der Waals surface area contributed by atoms with E-state index in [4.69, 9.17) is 5.73 Å². The molecule has 2 aliphatic rings. The summed E-state index contributed by atoms with van der Waals surface area (Å²) in [5, 5.41) is 5.84. The lowest BCUT2D eigenvalue weighted by atomic mass is 9.61. The molecule has 0 spiro atoms. The second kappa shape index (κ2) is 6.34. The first-order valence-corrected chi connectivity index (χ1v) is 8.17. The monoisotopic (exact) mass is 295 g/mol. The van der Waals surface area contributed by atoms with Crippen molar-refractivity contribution in [3.63, 3.8) is 0 Å². The third-order valence-corrected chi connectivity index (χ3v) is 5.67. The van der Waals surface area contributed by atoms with Crippen LogP contribution in [-0.4, -0.2) is 30.4 Å². The highest BCUT2D eigenvalue weighted by molar-refractivity contribution is 5.89. The number of nitrogens with one attached hydrogen (secondary N) is 2. The van der Waals surface area contributed by atoms with Crippen molar-refractivity contribution in [2.75, 3.05) is 6.54 Å². The van der Waals surface area contributed by atoms with Gasteiger partial charge in [0, 0.05) is 18.5 Å². The molecular formula is C16H29N3O2. The zero-order chi connectivity index (χ0) is 15.6. The zero-order valence-corrected chi connectivity index (χ0v) is 13.4. The Morgan fingerprint density at radius 2 is 2.00 bits per heavy atom. The first-order valence-electron chi connectivity index (χ1n) is 8.17. The lowest BCUT2D eigenvalue weighted by Crippen LogP contribution is -2.54. The smallest absolute Gasteiger partial charge is 0.242 e. The molecule has 2 rings (SSSR count). The molecule has 0 bridgehead atoms. The van der Waals surface area contributed by atoms with Crippen LogP contribution in [0, 0.1) is 17.3 Å². The highest BCUT2D eigenvalue weighted by atomic mass is 16.2. The van der Waals surface area contributed by atoms with Gasteiger partial charge < -0.3 is 16.4 Å². The Morgan fingerprint density at radius 1 is 1.29 bits per heavy atom. The van der Waals surface area contributed by atoms with Gasteiger partial charge in [0.15, 0.2) is 0 Å². The Kier molecular flexibility index (Phi) is 4.91. The Bertz CT molecular complexity index is 408. The van der Waals surface area contributed by atoms with Gasteiger partial charge in [-0.25, -0.2) is 0 Å². The molecule has 1 saturated carbocycles. The third kappa shape index (κ3) is 3.39. The van der Waals surface area contributed by atoms with Crippen molar-refractivity contribution in [2.45, 2.75) is 65.0 Å². The van der Waals surface area contributed by atoms with Crippen LogP contribution < -0.4 is 16.4 Å². The summed E-state index contributed by atoms with van der Waals surface area (Å²) in [5.41, 5.74) is 6.01. The van der Waals surface area contributed by atoms with Crippen molar-refractivity contribution in [2.24, 2.45) is 23.0 Å². The Labute approximate surface area is 127 Å². The minimum absolute atomic E-state index is 0.0146. The summed E-state index contributed by atoms with van der Waals surface area (Å²) in [6.45, 7) is 7.08. The highest BCUT2D eigenvalue weighted by Crippen LogP contribution is 2.44. The fourth-order valence-electron chi connectivity index (χ4n) is 3.67. The number of carbonyl (C=O) groups is 2. The minimum atomic E-state index is -0.373. The van der Waals surface area contributed by atoms with Crippen molar-refractivity contribution in [3.05, 3.63) is 0 Å². The molecule has 5 nitrogen and oxygen atoms in total. The van der Waals surface area contributed by atoms with Crippen LogP contribution in [0.2, 0.25) is 0 Å². The summed E-state index contributed by atoms with van der Waals surface area (Å²) in [6, 6.07) is -0.216. The van der Waals surface area contributed by atoms with Gasteiger partial charge in [-0.05, 0) is 43.4 Å². The van der Waals surface area contributed by atoms with E-state index >= 15 is 0 Å². The molecule has 0 radical (unpaired) electrons. The molecule has 1 saturated heterocycles. The van der Waals surface area contributed by atoms with E-state index in [2.05, 4.69) is 31.4 Å². The van der Waals surface area contributed by atoms with E-state index in [-0.39, 0.29) is 35.2 Å². The van der Waals surface area contributed by atoms with Crippen molar-refractivity contribution in [1.29, 1.82) is 0 Å². The van der Waals surface area contributed by atoms with Gasteiger partial charge in [-0.3, -0.25) is 9.59 Å². The fourth-order valence-corrected chi connectivity index (χ4v) is 3.67. The maximum Gasteiger partial charge on any atom is 0.242 e. The summed E-state index contributed by atoms with van der Waals surface area (Å²) >= 11 is 0. The van der Waals surface area contributed by atoms with E-state index < -0.39 is 0 Å². The molecule has 21 heavy (non-hydrogen) atoms. The number of hydrogen-bond acceptors (Lipinski definition) is 3. The van der Waals surface area contributed by atoms with E-state index in [1.807, 2.05) is 0 Å². The standard InChI is InChI=1S/C16H29N3O2/c1-10-12(17)8-7-11(16(10,2)3)14(20)19-13-6-4-5-9-18-15(13)21/h10-13H,4-9,17H2,1-3H3,(H,18,21)(H,19,20). The van der Waals surface area contributed by atoms with Crippen LogP contribution in [0.25, 0.3) is 0 Å². The number of amides is 2. The molecule has 120 valence electrons. The van der Waals surface area contributed by atoms with Crippen molar-refractivity contribution in [1.82, 2.24) is 10.6 Å². The summed E-state index contributed by atoms with van der Waals surface area (Å²) in [5.74, 6) is 0.202. The number of carbonyl (C=O) groups excluding carboxylic acids is 2. The lowest BCUT2D eigenvalue weighted by molar-refractivity contribution is -0.136. The molecule has 0 aromatic carbocycles. The van der Waals surface area contributed by atoms with E-state index in [0.717, 1.165) is 32.1 Å². The summed E-state index contributed by atoms with van der Waals surface area (Å²) in [6.07, 6.45) is 4.37. The number of rotatable bonds is 2. The largest absolute Gasteiger partial charge is 0.354 e. The topological polar surface area (TPSA) is 84.2 Å². The molecule has 2 fully saturated rings. The molecule has 2 amide bonds. The molecule has 1 aliphatic heterocycles. The Morgan fingerprint density at radius 3 is 2.71 bits per heavy atom. The molecule has 0 aromatic rings. The summed E-state index contributed by atoms with van der Waals surface area (Å²) in [7, 11) is 0. The first kappa shape index (κ1) is 16.3. The van der Waals surface area contributed by atoms with Gasteiger partial charge in [0.25, 0.3) is 0 Å². The Hall–Kier alpha value is -1.10. The average molecular weight is 295 g/mol. The predicted octanol–water partition coefficient (Wildman–Crippen LogP) is 1.17. The van der Waals surface area contributed by atoms with Gasteiger partial charge in [0.1, 0.15) is 6.04 Å². The van der Waals surface area contributed by atoms with Gasteiger partial charge >= 0.3 is 0 Å². The molecule has 4 N–H and O–H groups in total. The minimum Gasteiger partial charge on any atom is -0.354 e. The highest BCUT2D eigenvalue weighted by Gasteiger charge is 2.45. The van der Waals surface area contributed by atoms with E-state index in [1.54, 1.807) is 0 Å². The molecular weight excluding hydrogens is 266 g/mol. The Balaban J connectivity index is 2.03. The van der Waals surface area contributed by atoms with Crippen molar-refractivity contribution < 1.29 is 9.59 Å². The van der Waals surface area contributed by atoms with Crippen LogP contribution in [0.5, 0.6) is 0 Å². The van der Waals surface area contributed by atoms with Gasteiger partial charge in [0.2, 0.25) is 11.8 Å². The van der Waals surface area contributed by atoms with E-state index in [1.165, 1.54) is 0 Å². The van der Waals surface area contributed by atoms with Gasteiger partial charge in [-0.2, -0.15) is 0 Å². The van der Waals surface area contributed by atoms with Crippen molar-refractivity contribution >= 4 is 11.8 Å². The van der Waals surface area contributed by atoms with Crippen LogP contribution >= 0.6 is 0 Å². The fraction of sp³-hybridized carbons (Fsp3) is 0.875. The average Bonchev–Trinajstić information content (AvgIpc) is 2.61. The van der Waals surface area contributed by atoms with Crippen LogP contribution in [0.15, 0.2) is 0 Å². The van der Waals surface area contributed by atoms with Crippen LogP contribution in [-0.2, 0) is 9.59 Å². The van der Waals surface area contributed by atoms with E-state index in [9.17, 15) is 9.59 Å². The molecule has 4 unspecified atom stereocenters. The maximum absolute atomic E-state index is 12.7. The lowest BCUT2D eigenvalue weighted by Gasteiger charge is -2.46. The van der Waals surface area contributed by atoms with Crippen LogP contribution in [0.4, 0.5) is 0 Å². The number of hydrogen-bond donors (Lipinski definition) is 3. The van der Waals surface area contributed by atoms with Crippen LogP contribution in [0.1, 0.15) is 52.9 Å². The predicted molar refractivity (Wildman–Crippen MR) is 82.4 cm³/mol. The number of nitrogens with two attached hydrogens (primary N) is 1. The summed E-state index contributed by atoms with van der Waals surface area (Å²) in [4.78, 5) is 24.6. The maximum atomic E-state index is 12.7. The quantitative estimate of drug-likeness (QED) is 0.715. The van der Waals surface area contributed by atoms with Crippen molar-refractivity contribution in [3.8, 4) is 0 Å².